The third-order valence-corrected chi connectivity index (χ3v) is 2.19. The zero-order chi connectivity index (χ0) is 11.6. The first-order valence-electron chi connectivity index (χ1n) is 3.74. The maximum atomic E-state index is 11.9. The maximum Gasteiger partial charge on any atom is 0.471 e. The van der Waals surface area contributed by atoms with Gasteiger partial charge < -0.3 is 11.1 Å². The lowest BCUT2D eigenvalue weighted by Gasteiger charge is -2.09. The first kappa shape index (κ1) is 11.8. The summed E-state index contributed by atoms with van der Waals surface area (Å²) < 4.78 is 36.1. The van der Waals surface area contributed by atoms with Gasteiger partial charge in [-0.1, -0.05) is 0 Å². The predicted octanol–water partition coefficient (Wildman–Crippen LogP) is 2.53. The molecule has 0 aliphatic heterocycles. The Balaban J connectivity index is 2.90. The molecule has 0 spiro atoms. The molecule has 1 aromatic rings. The minimum absolute atomic E-state index is 0.0164. The Bertz CT molecular complexity index is 392. The van der Waals surface area contributed by atoms with E-state index in [4.69, 9.17) is 5.73 Å². The van der Waals surface area contributed by atoms with Crippen molar-refractivity contribution < 1.29 is 18.0 Å². The predicted molar refractivity (Wildman–Crippen MR) is 53.2 cm³/mol. The summed E-state index contributed by atoms with van der Waals surface area (Å²) in [5.41, 5.74) is 5.60. The fourth-order valence-electron chi connectivity index (χ4n) is 0.832. The second kappa shape index (κ2) is 4.09. The molecule has 0 heterocycles. The zero-order valence-corrected chi connectivity index (χ0v) is 8.82. The van der Waals surface area contributed by atoms with Crippen molar-refractivity contribution in [2.45, 2.75) is 6.18 Å². The van der Waals surface area contributed by atoms with Crippen LogP contribution >= 0.6 is 15.9 Å². The summed E-state index contributed by atoms with van der Waals surface area (Å²) >= 11 is 2.99. The number of hydrogen-bond donors (Lipinski definition) is 2. The van der Waals surface area contributed by atoms with Crippen LogP contribution in [0.4, 0.5) is 24.5 Å². The van der Waals surface area contributed by atoms with Gasteiger partial charge >= 0.3 is 12.1 Å². The number of carbonyl (C=O) groups is 1. The van der Waals surface area contributed by atoms with Crippen LogP contribution in [-0.4, -0.2) is 12.1 Å². The van der Waals surface area contributed by atoms with Gasteiger partial charge in [0.15, 0.2) is 0 Å². The molecule has 0 bridgehead atoms. The van der Waals surface area contributed by atoms with E-state index in [0.717, 1.165) is 0 Å². The normalized spacial score (nSPS) is 11.2. The summed E-state index contributed by atoms with van der Waals surface area (Å²) in [6.45, 7) is 0. The number of rotatable bonds is 1. The molecule has 0 saturated heterocycles. The molecule has 0 radical (unpaired) electrons. The molecular formula is C8H6BrF3N2O. The molecule has 3 N–H and O–H groups in total. The van der Waals surface area contributed by atoms with E-state index in [1.807, 2.05) is 0 Å². The molecule has 1 amide bonds. The van der Waals surface area contributed by atoms with Crippen molar-refractivity contribution in [2.75, 3.05) is 11.1 Å². The standard InChI is InChI=1S/C8H6BrF3N2O/c9-5-2-1-4(13)3-6(5)14-7(15)8(10,11)12/h1-3H,13H2,(H,14,15). The van der Waals surface area contributed by atoms with Gasteiger partial charge in [-0.05, 0) is 34.1 Å². The lowest BCUT2D eigenvalue weighted by Crippen LogP contribution is -2.30. The van der Waals surface area contributed by atoms with Crippen molar-refractivity contribution in [3.63, 3.8) is 0 Å². The molecule has 0 aliphatic carbocycles. The van der Waals surface area contributed by atoms with Gasteiger partial charge in [0, 0.05) is 10.2 Å². The number of nitrogen functional groups attached to an aromatic ring is 1. The van der Waals surface area contributed by atoms with Crippen LogP contribution in [-0.2, 0) is 4.79 Å². The molecule has 0 unspecified atom stereocenters. The largest absolute Gasteiger partial charge is 0.471 e. The Morgan fingerprint density at radius 1 is 1.40 bits per heavy atom. The minimum atomic E-state index is -4.91. The number of hydrogen-bond acceptors (Lipinski definition) is 2. The summed E-state index contributed by atoms with van der Waals surface area (Å²) in [7, 11) is 0. The Hall–Kier alpha value is -1.24. The minimum Gasteiger partial charge on any atom is -0.399 e. The Kier molecular flexibility index (Phi) is 3.23. The molecule has 15 heavy (non-hydrogen) atoms. The fraction of sp³-hybridized carbons (Fsp3) is 0.125. The zero-order valence-electron chi connectivity index (χ0n) is 7.23. The second-order valence-corrected chi connectivity index (χ2v) is 3.55. The summed E-state index contributed by atoms with van der Waals surface area (Å²) in [4.78, 5) is 10.6. The van der Waals surface area contributed by atoms with Crippen molar-refractivity contribution in [3.05, 3.63) is 22.7 Å². The molecule has 7 heteroatoms. The van der Waals surface area contributed by atoms with Crippen LogP contribution in [0.25, 0.3) is 0 Å². The fourth-order valence-corrected chi connectivity index (χ4v) is 1.18. The van der Waals surface area contributed by atoms with E-state index in [0.29, 0.717) is 4.47 Å². The van der Waals surface area contributed by atoms with E-state index < -0.39 is 12.1 Å². The summed E-state index contributed by atoms with van der Waals surface area (Å²) in [5.74, 6) is -2.03. The van der Waals surface area contributed by atoms with Crippen LogP contribution < -0.4 is 11.1 Å². The number of nitrogens with two attached hydrogens (primary N) is 1. The third kappa shape index (κ3) is 3.12. The molecule has 1 aromatic carbocycles. The average Bonchev–Trinajstić information content (AvgIpc) is 2.09. The van der Waals surface area contributed by atoms with Gasteiger partial charge in [0.2, 0.25) is 0 Å². The van der Waals surface area contributed by atoms with Gasteiger partial charge in [-0.15, -0.1) is 0 Å². The highest BCUT2D eigenvalue weighted by atomic mass is 79.9. The van der Waals surface area contributed by atoms with Crippen molar-refractivity contribution in [2.24, 2.45) is 0 Å². The van der Waals surface area contributed by atoms with Crippen LogP contribution in [0.2, 0.25) is 0 Å². The Morgan fingerprint density at radius 2 is 2.00 bits per heavy atom. The highest BCUT2D eigenvalue weighted by molar-refractivity contribution is 9.10. The Labute approximate surface area is 91.6 Å². The van der Waals surface area contributed by atoms with Crippen LogP contribution in [0.15, 0.2) is 22.7 Å². The maximum absolute atomic E-state index is 11.9. The van der Waals surface area contributed by atoms with E-state index >= 15 is 0 Å². The topological polar surface area (TPSA) is 55.1 Å². The number of nitrogens with one attached hydrogen (secondary N) is 1. The van der Waals surface area contributed by atoms with Gasteiger partial charge in [0.1, 0.15) is 0 Å². The molecule has 0 fully saturated rings. The highest BCUT2D eigenvalue weighted by Crippen LogP contribution is 2.26. The second-order valence-electron chi connectivity index (χ2n) is 2.69. The number of carbonyl (C=O) groups excluding carboxylic acids is 1. The summed E-state index contributed by atoms with van der Waals surface area (Å²) in [5, 5.41) is 1.70. The smallest absolute Gasteiger partial charge is 0.399 e. The van der Waals surface area contributed by atoms with Crippen molar-refractivity contribution in [3.8, 4) is 0 Å². The first-order valence-corrected chi connectivity index (χ1v) is 4.53. The van der Waals surface area contributed by atoms with Crippen LogP contribution in [0.3, 0.4) is 0 Å². The van der Waals surface area contributed by atoms with Gasteiger partial charge in [-0.2, -0.15) is 13.2 Å². The molecule has 0 saturated carbocycles. The SMILES string of the molecule is Nc1ccc(Br)c(NC(=O)C(F)(F)F)c1. The number of alkyl halides is 3. The highest BCUT2D eigenvalue weighted by Gasteiger charge is 2.38. The van der Waals surface area contributed by atoms with Crippen LogP contribution in [0.5, 0.6) is 0 Å². The van der Waals surface area contributed by atoms with Crippen molar-refractivity contribution >= 4 is 33.2 Å². The number of benzene rings is 1. The molecule has 0 aliphatic rings. The molecule has 0 atom stereocenters. The molecule has 82 valence electrons. The van der Waals surface area contributed by atoms with E-state index in [1.165, 1.54) is 18.2 Å². The van der Waals surface area contributed by atoms with Gasteiger partial charge in [0.25, 0.3) is 0 Å². The number of amides is 1. The van der Waals surface area contributed by atoms with E-state index in [2.05, 4.69) is 15.9 Å². The number of anilines is 2. The summed E-state index contributed by atoms with van der Waals surface area (Å²) in [6, 6.07) is 4.17. The molecule has 1 rings (SSSR count). The quantitative estimate of drug-likeness (QED) is 0.778. The van der Waals surface area contributed by atoms with E-state index in [1.54, 1.807) is 5.32 Å². The van der Waals surface area contributed by atoms with Gasteiger partial charge in [-0.25, -0.2) is 0 Å². The van der Waals surface area contributed by atoms with Crippen LogP contribution in [0.1, 0.15) is 0 Å². The molecule has 3 nitrogen and oxygen atoms in total. The monoisotopic (exact) mass is 282 g/mol. The van der Waals surface area contributed by atoms with Crippen molar-refractivity contribution in [1.29, 1.82) is 0 Å². The first-order chi connectivity index (χ1) is 6.80. The van der Waals surface area contributed by atoms with Gasteiger partial charge in [-0.3, -0.25) is 4.79 Å². The van der Waals surface area contributed by atoms with Crippen LogP contribution in [0, 0.1) is 0 Å². The van der Waals surface area contributed by atoms with E-state index in [9.17, 15) is 18.0 Å². The lowest BCUT2D eigenvalue weighted by molar-refractivity contribution is -0.167. The average molecular weight is 283 g/mol. The van der Waals surface area contributed by atoms with Crippen molar-refractivity contribution in [1.82, 2.24) is 0 Å². The summed E-state index contributed by atoms with van der Waals surface area (Å²) in [6.07, 6.45) is -4.91. The molecular weight excluding hydrogens is 277 g/mol. The Morgan fingerprint density at radius 3 is 2.53 bits per heavy atom. The molecule has 0 aromatic heterocycles. The van der Waals surface area contributed by atoms with Gasteiger partial charge in [0.05, 0.1) is 5.69 Å². The third-order valence-electron chi connectivity index (χ3n) is 1.50. The van der Waals surface area contributed by atoms with E-state index in [-0.39, 0.29) is 11.4 Å². The number of halogens is 4. The lowest BCUT2D eigenvalue weighted by atomic mass is 10.3.